The largest absolute Gasteiger partial charge is 0.492 e. The Labute approximate surface area is 271 Å². The minimum absolute atomic E-state index is 0.00401. The van der Waals surface area contributed by atoms with Crippen molar-refractivity contribution >= 4 is 55.7 Å². The van der Waals surface area contributed by atoms with Gasteiger partial charge in [0.15, 0.2) is 5.11 Å². The summed E-state index contributed by atoms with van der Waals surface area (Å²) in [6, 6.07) is 22.6. The number of nitrogens with one attached hydrogen (secondary N) is 2. The van der Waals surface area contributed by atoms with Crippen LogP contribution in [-0.4, -0.2) is 65.9 Å². The summed E-state index contributed by atoms with van der Waals surface area (Å²) in [6.45, 7) is 0.572. The van der Waals surface area contributed by atoms with Crippen LogP contribution in [0.3, 0.4) is 0 Å². The fourth-order valence-corrected chi connectivity index (χ4v) is 5.70. The third-order valence-corrected chi connectivity index (χ3v) is 8.48. The van der Waals surface area contributed by atoms with Gasteiger partial charge in [-0.2, -0.15) is 0 Å². The van der Waals surface area contributed by atoms with Gasteiger partial charge in [-0.05, 0) is 72.4 Å². The number of rotatable bonds is 9. The van der Waals surface area contributed by atoms with Crippen molar-refractivity contribution in [2.75, 3.05) is 51.6 Å². The molecule has 0 atom stereocenters. The van der Waals surface area contributed by atoms with Crippen molar-refractivity contribution in [3.63, 3.8) is 0 Å². The third kappa shape index (κ3) is 7.12. The number of nitrogens with zero attached hydrogens (tertiary/aromatic N) is 2. The molecule has 0 saturated heterocycles. The monoisotopic (exact) mass is 660 g/mol. The highest BCUT2D eigenvalue weighted by molar-refractivity contribution is 7.89. The number of benzene rings is 4. The molecule has 0 fully saturated rings. The smallest absolute Gasteiger partial charge is 0.336 e. The molecule has 46 heavy (non-hydrogen) atoms. The van der Waals surface area contributed by atoms with Gasteiger partial charge < -0.3 is 29.8 Å². The maximum Gasteiger partial charge on any atom is 0.336 e. The number of sulfonamides is 1. The second kappa shape index (κ2) is 13.2. The van der Waals surface area contributed by atoms with E-state index in [2.05, 4.69) is 10.6 Å². The second-order valence-electron chi connectivity index (χ2n) is 10.9. The average Bonchev–Trinajstić information content (AvgIpc) is 3.01. The number of thiocarbonyl (C=S) groups is 1. The van der Waals surface area contributed by atoms with Gasteiger partial charge in [0, 0.05) is 54.1 Å². The van der Waals surface area contributed by atoms with Gasteiger partial charge in [0.25, 0.3) is 0 Å². The molecule has 0 saturated carbocycles. The molecule has 0 spiro atoms. The minimum Gasteiger partial charge on any atom is -0.492 e. The maximum atomic E-state index is 12.6. The molecule has 3 aromatic carbocycles. The molecule has 1 aliphatic carbocycles. The van der Waals surface area contributed by atoms with Gasteiger partial charge >= 0.3 is 5.97 Å². The molecular weight excluding hydrogens is 627 g/mol. The number of anilines is 2. The molecule has 0 amide bonds. The van der Waals surface area contributed by atoms with E-state index in [1.54, 1.807) is 18.2 Å². The Balaban J connectivity index is 1.40. The number of carboxylic acid groups (broad SMARTS) is 1. The molecule has 0 bridgehead atoms. The summed E-state index contributed by atoms with van der Waals surface area (Å²) in [5.74, 6) is 0.0202. The number of aromatic carboxylic acids is 1. The van der Waals surface area contributed by atoms with E-state index in [0.29, 0.717) is 34.9 Å². The normalized spacial score (nSPS) is 11.3. The van der Waals surface area contributed by atoms with Crippen LogP contribution in [0, 0.1) is 0 Å². The molecule has 2 aliphatic rings. The number of ether oxygens (including phenoxy) is 1. The molecule has 5 N–H and O–H groups in total. The van der Waals surface area contributed by atoms with Crippen molar-refractivity contribution in [2.24, 2.45) is 5.14 Å². The number of carboxylic acids is 1. The van der Waals surface area contributed by atoms with E-state index >= 15 is 0 Å². The summed E-state index contributed by atoms with van der Waals surface area (Å²) in [6.07, 6.45) is 0. The fraction of sp³-hybridized carbons (Fsp3) is 0.182. The van der Waals surface area contributed by atoms with Gasteiger partial charge in [0.1, 0.15) is 37.8 Å². The summed E-state index contributed by atoms with van der Waals surface area (Å²) in [4.78, 5) is 14.6. The first-order chi connectivity index (χ1) is 21.8. The van der Waals surface area contributed by atoms with Crippen LogP contribution in [0.5, 0.6) is 5.75 Å². The van der Waals surface area contributed by atoms with Gasteiger partial charge in [0.2, 0.25) is 15.4 Å². The summed E-state index contributed by atoms with van der Waals surface area (Å²) in [7, 11) is 4.02. The molecular formula is C33H34N5O6S2+. The van der Waals surface area contributed by atoms with Crippen LogP contribution in [0.2, 0.25) is 0 Å². The van der Waals surface area contributed by atoms with E-state index in [4.69, 9.17) is 26.5 Å². The van der Waals surface area contributed by atoms with Crippen LogP contribution in [0.4, 0.5) is 11.4 Å². The molecule has 1 heterocycles. The number of fused-ring (bicyclic) bond motifs is 2. The molecule has 0 aromatic heterocycles. The molecule has 5 rings (SSSR count). The van der Waals surface area contributed by atoms with E-state index in [1.165, 1.54) is 24.3 Å². The van der Waals surface area contributed by atoms with Gasteiger partial charge in [-0.25, -0.2) is 22.9 Å². The molecule has 1 aliphatic heterocycles. The minimum atomic E-state index is -3.78. The van der Waals surface area contributed by atoms with Crippen molar-refractivity contribution in [1.82, 2.24) is 9.89 Å². The van der Waals surface area contributed by atoms with Crippen molar-refractivity contribution in [2.45, 2.75) is 4.90 Å². The predicted molar refractivity (Wildman–Crippen MR) is 184 cm³/mol. The molecule has 13 heteroatoms. The highest BCUT2D eigenvalue weighted by Gasteiger charge is 2.23. The molecule has 11 nitrogen and oxygen atoms in total. The van der Waals surface area contributed by atoms with Crippen LogP contribution in [0.25, 0.3) is 33.4 Å². The van der Waals surface area contributed by atoms with Gasteiger partial charge in [-0.15, -0.1) is 0 Å². The zero-order chi connectivity index (χ0) is 33.2. The van der Waals surface area contributed by atoms with Gasteiger partial charge in [-0.3, -0.25) is 0 Å². The summed E-state index contributed by atoms with van der Waals surface area (Å²) in [5.41, 5.74) is 4.27. The van der Waals surface area contributed by atoms with Crippen molar-refractivity contribution in [3.8, 4) is 28.2 Å². The van der Waals surface area contributed by atoms with E-state index in [1.807, 2.05) is 74.1 Å². The number of primary sulfonamides is 1. The third-order valence-electron chi connectivity index (χ3n) is 7.31. The van der Waals surface area contributed by atoms with E-state index in [9.17, 15) is 18.3 Å². The first-order valence-corrected chi connectivity index (χ1v) is 16.1. The van der Waals surface area contributed by atoms with E-state index < -0.39 is 16.0 Å². The lowest BCUT2D eigenvalue weighted by molar-refractivity contribution is 0.0697. The lowest BCUT2D eigenvalue weighted by Crippen LogP contribution is -2.32. The summed E-state index contributed by atoms with van der Waals surface area (Å²) < 4.78 is 36.8. The highest BCUT2D eigenvalue weighted by atomic mass is 32.2. The number of carbonyl (C=O) groups is 1. The lowest BCUT2D eigenvalue weighted by atomic mass is 9.90. The molecule has 238 valence electrons. The van der Waals surface area contributed by atoms with E-state index in [0.717, 1.165) is 27.6 Å². The van der Waals surface area contributed by atoms with Crippen molar-refractivity contribution < 1.29 is 27.5 Å². The molecule has 0 unspecified atom stereocenters. The topological polar surface area (TPSA) is 150 Å². The summed E-state index contributed by atoms with van der Waals surface area (Å²) in [5, 5.41) is 23.5. The Kier molecular flexibility index (Phi) is 9.28. The number of hydrogen-bond acceptors (Lipinski definition) is 7. The first-order valence-electron chi connectivity index (χ1n) is 14.2. The average molecular weight is 661 g/mol. The lowest BCUT2D eigenvalue weighted by Gasteiger charge is -2.19. The van der Waals surface area contributed by atoms with Crippen molar-refractivity contribution in [1.29, 1.82) is 0 Å². The number of nitrogens with two attached hydrogens (primary N) is 1. The van der Waals surface area contributed by atoms with Crippen LogP contribution in [0.15, 0.2) is 88.2 Å². The Morgan fingerprint density at radius 1 is 1.00 bits per heavy atom. The Morgan fingerprint density at radius 3 is 2.37 bits per heavy atom. The zero-order valence-electron chi connectivity index (χ0n) is 25.7. The van der Waals surface area contributed by atoms with Crippen LogP contribution in [0.1, 0.15) is 10.4 Å². The Morgan fingerprint density at radius 2 is 1.72 bits per heavy atom. The SMILES string of the molecule is CN(C)c1ccc2c(-c3ccc(NC(=S)NCCOc4ccc(S(N)(=O)=O)cc4)cc3C(=O)O)c3ccc(=[N+](C)C)cc-3oc2c1. The van der Waals surface area contributed by atoms with Crippen LogP contribution >= 0.6 is 12.2 Å². The maximum absolute atomic E-state index is 12.6. The van der Waals surface area contributed by atoms with Crippen molar-refractivity contribution in [3.05, 3.63) is 89.8 Å². The predicted octanol–water partition coefficient (Wildman–Crippen LogP) is 4.01. The Hall–Kier alpha value is -4.98. The Bertz CT molecular complexity index is 2100. The fourth-order valence-electron chi connectivity index (χ4n) is 4.97. The van der Waals surface area contributed by atoms with Crippen LogP contribution in [-0.2, 0) is 10.0 Å². The van der Waals surface area contributed by atoms with Gasteiger partial charge in [0.05, 0.1) is 23.1 Å². The standard InChI is InChI=1S/C33H33N5O6S2/c1-37(2)21-6-13-26-29(18-21)44-30-19-22(38(3)4)7-14-27(30)31(26)25-12-5-20(17-28(25)32(39)40)36-33(45)35-15-16-43-23-8-10-24(11-9-23)46(34,41)42/h5-14,17-19H,15-16H2,1-4H3,(H4,34,35,39,40,41,42,45)/p+1. The molecule has 3 aromatic rings. The molecule has 0 radical (unpaired) electrons. The quantitative estimate of drug-likeness (QED) is 0.0791. The second-order valence-corrected chi connectivity index (χ2v) is 12.9. The van der Waals surface area contributed by atoms with E-state index in [-0.39, 0.29) is 22.2 Å². The van der Waals surface area contributed by atoms with Gasteiger partial charge in [-0.1, -0.05) is 6.07 Å². The zero-order valence-corrected chi connectivity index (χ0v) is 27.3. The first kappa shape index (κ1) is 32.4. The number of hydrogen-bond donors (Lipinski definition) is 4. The summed E-state index contributed by atoms with van der Waals surface area (Å²) >= 11 is 5.43. The highest BCUT2D eigenvalue weighted by Crippen LogP contribution is 2.42. The van der Waals surface area contributed by atoms with Crippen LogP contribution < -0.4 is 35.3 Å².